The smallest absolute Gasteiger partial charge is 0.254 e. The summed E-state index contributed by atoms with van der Waals surface area (Å²) in [5.41, 5.74) is 1.59. The topological polar surface area (TPSA) is 94.0 Å². The lowest BCUT2D eigenvalue weighted by atomic mass is 10.1. The van der Waals surface area contributed by atoms with E-state index < -0.39 is 10.0 Å². The largest absolute Gasteiger partial charge is 0.454 e. The van der Waals surface area contributed by atoms with Gasteiger partial charge in [0.2, 0.25) is 16.8 Å². The summed E-state index contributed by atoms with van der Waals surface area (Å²) in [6.45, 7) is 4.72. The third kappa shape index (κ3) is 3.02. The summed E-state index contributed by atoms with van der Waals surface area (Å²) in [4.78, 5) is 14.7. The first-order chi connectivity index (χ1) is 13.3. The highest BCUT2D eigenvalue weighted by Crippen LogP contribution is 2.33. The highest BCUT2D eigenvalue weighted by molar-refractivity contribution is 7.89. The molecule has 1 amide bonds. The lowest BCUT2D eigenvalue weighted by molar-refractivity contribution is 0.0697. The van der Waals surface area contributed by atoms with Crippen molar-refractivity contribution in [1.29, 1.82) is 0 Å². The fourth-order valence-corrected chi connectivity index (χ4v) is 5.42. The van der Waals surface area contributed by atoms with Crippen molar-refractivity contribution in [2.75, 3.05) is 33.0 Å². The van der Waals surface area contributed by atoms with Crippen LogP contribution in [0.2, 0.25) is 0 Å². The summed E-state index contributed by atoms with van der Waals surface area (Å²) < 4.78 is 39.7. The maximum Gasteiger partial charge on any atom is 0.254 e. The molecule has 2 aromatic rings. The summed E-state index contributed by atoms with van der Waals surface area (Å²) in [6, 6.07) is 5.07. The van der Waals surface area contributed by atoms with Gasteiger partial charge in [0.05, 0.1) is 11.4 Å². The zero-order chi connectivity index (χ0) is 20.1. The Labute approximate surface area is 163 Å². The first-order valence-electron chi connectivity index (χ1n) is 8.98. The molecule has 0 bridgehead atoms. The highest BCUT2D eigenvalue weighted by atomic mass is 32.2. The number of sulfonamides is 1. The van der Waals surface area contributed by atoms with Crippen LogP contribution in [0.25, 0.3) is 0 Å². The second-order valence-electron chi connectivity index (χ2n) is 6.89. The van der Waals surface area contributed by atoms with Crippen LogP contribution in [0.4, 0.5) is 0 Å². The van der Waals surface area contributed by atoms with Gasteiger partial charge in [-0.1, -0.05) is 0 Å². The quantitative estimate of drug-likeness (QED) is 0.752. The molecule has 2 aliphatic heterocycles. The standard InChI is InChI=1S/C18H22N4O5S/c1-12-17(13(2)20(3)19-12)28(24,25)22-8-6-21(7-9-22)18(23)14-4-5-15-16(10-14)27-11-26-15/h4-5,10H,6-9,11H2,1-3H3. The molecule has 0 saturated carbocycles. The fraction of sp³-hybridized carbons (Fsp3) is 0.444. The lowest BCUT2D eigenvalue weighted by Gasteiger charge is -2.34. The molecule has 0 N–H and O–H groups in total. The molecule has 28 heavy (non-hydrogen) atoms. The van der Waals surface area contributed by atoms with Crippen LogP contribution >= 0.6 is 0 Å². The van der Waals surface area contributed by atoms with E-state index in [2.05, 4.69) is 5.10 Å². The van der Waals surface area contributed by atoms with E-state index in [4.69, 9.17) is 9.47 Å². The van der Waals surface area contributed by atoms with Crippen molar-refractivity contribution < 1.29 is 22.7 Å². The minimum atomic E-state index is -3.65. The number of aryl methyl sites for hydroxylation is 2. The molecule has 150 valence electrons. The van der Waals surface area contributed by atoms with Gasteiger partial charge in [-0.25, -0.2) is 8.42 Å². The van der Waals surface area contributed by atoms with Crippen molar-refractivity contribution in [2.24, 2.45) is 7.05 Å². The van der Waals surface area contributed by atoms with E-state index in [9.17, 15) is 13.2 Å². The monoisotopic (exact) mass is 406 g/mol. The Kier molecular flexibility index (Phi) is 4.54. The molecule has 0 aliphatic carbocycles. The Bertz CT molecular complexity index is 1040. The van der Waals surface area contributed by atoms with E-state index in [1.165, 1.54) is 4.31 Å². The average molecular weight is 406 g/mol. The number of carbonyl (C=O) groups is 1. The zero-order valence-corrected chi connectivity index (χ0v) is 16.8. The first-order valence-corrected chi connectivity index (χ1v) is 10.4. The summed E-state index contributed by atoms with van der Waals surface area (Å²) >= 11 is 0. The van der Waals surface area contributed by atoms with Crippen molar-refractivity contribution in [3.8, 4) is 11.5 Å². The van der Waals surface area contributed by atoms with Gasteiger partial charge in [0.15, 0.2) is 11.5 Å². The average Bonchev–Trinajstić information content (AvgIpc) is 3.24. The number of nitrogens with zero attached hydrogens (tertiary/aromatic N) is 4. The van der Waals surface area contributed by atoms with Gasteiger partial charge in [-0.05, 0) is 32.0 Å². The van der Waals surface area contributed by atoms with Crippen molar-refractivity contribution >= 4 is 15.9 Å². The summed E-state index contributed by atoms with van der Waals surface area (Å²) in [5.74, 6) is 1.02. The van der Waals surface area contributed by atoms with Gasteiger partial charge in [-0.3, -0.25) is 9.48 Å². The zero-order valence-electron chi connectivity index (χ0n) is 16.0. The Morgan fingerprint density at radius 1 is 1.07 bits per heavy atom. The van der Waals surface area contributed by atoms with Gasteiger partial charge in [0, 0.05) is 38.8 Å². The number of fused-ring (bicyclic) bond motifs is 1. The molecule has 0 unspecified atom stereocenters. The minimum absolute atomic E-state index is 0.149. The number of hydrogen-bond donors (Lipinski definition) is 0. The summed E-state index contributed by atoms with van der Waals surface area (Å²) in [6.07, 6.45) is 0. The molecule has 1 saturated heterocycles. The number of ether oxygens (including phenoxy) is 2. The third-order valence-electron chi connectivity index (χ3n) is 5.19. The Hall–Kier alpha value is -2.59. The molecule has 4 rings (SSSR count). The number of benzene rings is 1. The molecule has 9 nitrogen and oxygen atoms in total. The van der Waals surface area contributed by atoms with Crippen LogP contribution < -0.4 is 9.47 Å². The molecule has 1 fully saturated rings. The van der Waals surface area contributed by atoms with Crippen LogP contribution in [0.15, 0.2) is 23.1 Å². The Balaban J connectivity index is 1.48. The number of carbonyl (C=O) groups excluding carboxylic acids is 1. The molecule has 0 radical (unpaired) electrons. The molecule has 0 spiro atoms. The molecule has 1 aromatic heterocycles. The third-order valence-corrected chi connectivity index (χ3v) is 7.34. The van der Waals surface area contributed by atoms with E-state index in [1.807, 2.05) is 0 Å². The number of aromatic nitrogens is 2. The molecule has 3 heterocycles. The molecule has 1 aromatic carbocycles. The maximum atomic E-state index is 13.1. The van der Waals surface area contributed by atoms with Crippen LogP contribution in [-0.2, 0) is 17.1 Å². The second-order valence-corrected chi connectivity index (χ2v) is 8.76. The molecular formula is C18H22N4O5S. The molecule has 10 heteroatoms. The maximum absolute atomic E-state index is 13.1. The van der Waals surface area contributed by atoms with E-state index in [0.717, 1.165) is 0 Å². The van der Waals surface area contributed by atoms with Crippen LogP contribution in [0, 0.1) is 13.8 Å². The van der Waals surface area contributed by atoms with Gasteiger partial charge in [-0.15, -0.1) is 0 Å². The minimum Gasteiger partial charge on any atom is -0.454 e. The summed E-state index contributed by atoms with van der Waals surface area (Å²) in [7, 11) is -1.92. The van der Waals surface area contributed by atoms with Gasteiger partial charge >= 0.3 is 0 Å². The molecular weight excluding hydrogens is 384 g/mol. The van der Waals surface area contributed by atoms with Crippen LogP contribution in [0.5, 0.6) is 11.5 Å². The van der Waals surface area contributed by atoms with Crippen molar-refractivity contribution in [3.05, 3.63) is 35.2 Å². The fourth-order valence-electron chi connectivity index (χ4n) is 3.60. The first kappa shape index (κ1) is 18.8. The predicted octanol–water partition coefficient (Wildman–Crippen LogP) is 0.912. The molecule has 0 atom stereocenters. The van der Waals surface area contributed by atoms with Crippen molar-refractivity contribution in [3.63, 3.8) is 0 Å². The van der Waals surface area contributed by atoms with Gasteiger partial charge < -0.3 is 14.4 Å². The molecule has 2 aliphatic rings. The SMILES string of the molecule is Cc1nn(C)c(C)c1S(=O)(=O)N1CCN(C(=O)c2ccc3c(c2)OCO3)CC1. The van der Waals surface area contributed by atoms with E-state index in [0.29, 0.717) is 41.5 Å². The number of amides is 1. The Morgan fingerprint density at radius 3 is 2.39 bits per heavy atom. The van der Waals surface area contributed by atoms with Crippen LogP contribution in [-0.4, -0.2) is 66.3 Å². The Morgan fingerprint density at radius 2 is 1.75 bits per heavy atom. The van der Waals surface area contributed by atoms with Gasteiger partial charge in [0.1, 0.15) is 4.90 Å². The lowest BCUT2D eigenvalue weighted by Crippen LogP contribution is -2.50. The van der Waals surface area contributed by atoms with Crippen molar-refractivity contribution in [2.45, 2.75) is 18.7 Å². The number of piperazine rings is 1. The predicted molar refractivity (Wildman–Crippen MR) is 99.9 cm³/mol. The number of hydrogen-bond acceptors (Lipinski definition) is 6. The summed E-state index contributed by atoms with van der Waals surface area (Å²) in [5, 5.41) is 4.21. The van der Waals surface area contributed by atoms with Crippen LogP contribution in [0.3, 0.4) is 0 Å². The van der Waals surface area contributed by atoms with Crippen LogP contribution in [0.1, 0.15) is 21.7 Å². The van der Waals surface area contributed by atoms with Crippen molar-refractivity contribution in [1.82, 2.24) is 19.0 Å². The normalized spacial score (nSPS) is 17.2. The van der Waals surface area contributed by atoms with Gasteiger partial charge in [0.25, 0.3) is 5.91 Å². The number of rotatable bonds is 3. The van der Waals surface area contributed by atoms with E-state index in [-0.39, 0.29) is 30.7 Å². The second kappa shape index (κ2) is 6.78. The highest BCUT2D eigenvalue weighted by Gasteiger charge is 2.34. The van der Waals surface area contributed by atoms with E-state index >= 15 is 0 Å². The van der Waals surface area contributed by atoms with E-state index in [1.54, 1.807) is 48.7 Å². The van der Waals surface area contributed by atoms with Gasteiger partial charge in [-0.2, -0.15) is 9.40 Å².